The zero-order valence-corrected chi connectivity index (χ0v) is 7.07. The van der Waals surface area contributed by atoms with Gasteiger partial charge in [-0.05, 0) is 6.26 Å². The van der Waals surface area contributed by atoms with Gasteiger partial charge in [-0.3, -0.25) is 0 Å². The van der Waals surface area contributed by atoms with Crippen LogP contribution in [-0.4, -0.2) is 35.8 Å². The monoisotopic (exact) mass is 175 g/mol. The van der Waals surface area contributed by atoms with Crippen LogP contribution >= 0.6 is 11.8 Å². The molecule has 6 heteroatoms. The Kier molecular flexibility index (Phi) is 2.23. The summed E-state index contributed by atoms with van der Waals surface area (Å²) < 4.78 is 0. The molecule has 0 atom stereocenters. The molecule has 62 valence electrons. The smallest absolute Gasteiger partial charge is 0.308 e. The van der Waals surface area contributed by atoms with Crippen molar-refractivity contribution < 1.29 is 9.59 Å². The lowest BCUT2D eigenvalue weighted by molar-refractivity contribution is 0.181. The zero-order valence-electron chi connectivity index (χ0n) is 6.25. The van der Waals surface area contributed by atoms with Gasteiger partial charge in [0.15, 0.2) is 5.50 Å². The van der Waals surface area contributed by atoms with Crippen LogP contribution in [0.25, 0.3) is 0 Å². The second-order valence-corrected chi connectivity index (χ2v) is 3.02. The molecule has 0 saturated carbocycles. The molecule has 4 amide bonds. The highest BCUT2D eigenvalue weighted by Crippen LogP contribution is 2.04. The van der Waals surface area contributed by atoms with E-state index in [1.807, 2.05) is 0 Å². The van der Waals surface area contributed by atoms with Gasteiger partial charge in [-0.1, -0.05) is 0 Å². The fraction of sp³-hybridized carbons (Fsp3) is 0.600. The number of carbonyl (C=O) groups is 2. The van der Waals surface area contributed by atoms with Crippen LogP contribution < -0.4 is 10.6 Å². The van der Waals surface area contributed by atoms with Crippen molar-refractivity contribution in [3.8, 4) is 0 Å². The largest absolute Gasteiger partial charge is 0.327 e. The molecule has 1 heterocycles. The topological polar surface area (TPSA) is 61.4 Å². The van der Waals surface area contributed by atoms with E-state index in [1.165, 1.54) is 18.8 Å². The second kappa shape index (κ2) is 3.00. The van der Waals surface area contributed by atoms with E-state index >= 15 is 0 Å². The first-order valence-electron chi connectivity index (χ1n) is 3.02. The number of carbonyl (C=O) groups excluding carboxylic acids is 2. The highest BCUT2D eigenvalue weighted by molar-refractivity contribution is 7.99. The Hall–Kier alpha value is -0.910. The fourth-order valence-corrected chi connectivity index (χ4v) is 1.10. The number of rotatable bonds is 1. The van der Waals surface area contributed by atoms with Crippen molar-refractivity contribution in [2.45, 2.75) is 5.50 Å². The van der Waals surface area contributed by atoms with Gasteiger partial charge in [-0.2, -0.15) is 0 Å². The lowest BCUT2D eigenvalue weighted by atomic mass is 10.6. The Bertz CT molecular complexity index is 178. The average molecular weight is 175 g/mol. The van der Waals surface area contributed by atoms with Crippen LogP contribution in [0.1, 0.15) is 0 Å². The van der Waals surface area contributed by atoms with E-state index in [4.69, 9.17) is 0 Å². The Morgan fingerprint density at radius 2 is 1.82 bits per heavy atom. The summed E-state index contributed by atoms with van der Waals surface area (Å²) in [6.07, 6.45) is 1.80. The molecule has 0 unspecified atom stereocenters. The quantitative estimate of drug-likeness (QED) is 0.589. The minimum absolute atomic E-state index is 0.300. The molecular weight excluding hydrogens is 166 g/mol. The van der Waals surface area contributed by atoms with Crippen LogP contribution in [0.15, 0.2) is 0 Å². The molecule has 0 aromatic heterocycles. The molecule has 1 fully saturated rings. The summed E-state index contributed by atoms with van der Waals surface area (Å²) in [6, 6.07) is -0.735. The van der Waals surface area contributed by atoms with Crippen molar-refractivity contribution in [1.82, 2.24) is 15.5 Å². The normalized spacial score (nSPS) is 19.6. The van der Waals surface area contributed by atoms with Gasteiger partial charge in [0.05, 0.1) is 0 Å². The predicted octanol–water partition coefficient (Wildman–Crippen LogP) is -0.00240. The molecule has 1 rings (SSSR count). The summed E-state index contributed by atoms with van der Waals surface area (Å²) in [6.45, 7) is 0. The zero-order chi connectivity index (χ0) is 8.43. The third kappa shape index (κ3) is 1.56. The third-order valence-electron chi connectivity index (χ3n) is 1.35. The minimum Gasteiger partial charge on any atom is -0.308 e. The summed E-state index contributed by atoms with van der Waals surface area (Å²) in [5, 5.41) is 5.13. The lowest BCUT2D eigenvalue weighted by Crippen LogP contribution is -2.60. The molecule has 0 bridgehead atoms. The van der Waals surface area contributed by atoms with Crippen molar-refractivity contribution >= 4 is 23.8 Å². The van der Waals surface area contributed by atoms with E-state index in [9.17, 15) is 9.59 Å². The highest BCUT2D eigenvalue weighted by Gasteiger charge is 2.27. The van der Waals surface area contributed by atoms with Gasteiger partial charge >= 0.3 is 12.1 Å². The van der Waals surface area contributed by atoms with Gasteiger partial charge in [0, 0.05) is 7.05 Å². The molecule has 11 heavy (non-hydrogen) atoms. The molecule has 0 aromatic carbocycles. The average Bonchev–Trinajstić information content (AvgIpc) is 1.99. The number of hydrogen-bond acceptors (Lipinski definition) is 3. The Balaban J connectivity index is 2.62. The first kappa shape index (κ1) is 8.19. The van der Waals surface area contributed by atoms with Gasteiger partial charge in [0.2, 0.25) is 0 Å². The van der Waals surface area contributed by atoms with Crippen molar-refractivity contribution in [2.75, 3.05) is 13.3 Å². The van der Waals surface area contributed by atoms with Crippen molar-refractivity contribution in [3.63, 3.8) is 0 Å². The van der Waals surface area contributed by atoms with E-state index in [2.05, 4.69) is 10.6 Å². The standard InChI is InChI=1S/C5H9N3O2S/c1-8-4(9)6-3(11-2)7-5(8)10/h3H,1-2H3,(H,6,9)(H,7,10). The van der Waals surface area contributed by atoms with Crippen LogP contribution in [0, 0.1) is 0 Å². The number of nitrogens with zero attached hydrogens (tertiary/aromatic N) is 1. The Morgan fingerprint density at radius 3 is 2.18 bits per heavy atom. The Morgan fingerprint density at radius 1 is 1.36 bits per heavy atom. The first-order chi connectivity index (χ1) is 5.15. The summed E-state index contributed by atoms with van der Waals surface area (Å²) in [5.74, 6) is 0. The molecule has 0 aromatic rings. The Labute approximate surface area is 68.5 Å². The van der Waals surface area contributed by atoms with Gasteiger partial charge < -0.3 is 10.6 Å². The molecule has 2 N–H and O–H groups in total. The van der Waals surface area contributed by atoms with Crippen molar-refractivity contribution in [2.24, 2.45) is 0 Å². The lowest BCUT2D eigenvalue weighted by Gasteiger charge is -2.28. The molecule has 0 aliphatic carbocycles. The van der Waals surface area contributed by atoms with Gasteiger partial charge in [0.25, 0.3) is 0 Å². The van der Waals surface area contributed by atoms with Crippen molar-refractivity contribution in [3.05, 3.63) is 0 Å². The number of nitrogens with one attached hydrogen (secondary N) is 2. The number of thioether (sulfide) groups is 1. The second-order valence-electron chi connectivity index (χ2n) is 2.07. The molecule has 1 aliphatic heterocycles. The van der Waals surface area contributed by atoms with Gasteiger partial charge in [-0.15, -0.1) is 11.8 Å². The van der Waals surface area contributed by atoms with E-state index in [0.29, 0.717) is 0 Å². The summed E-state index contributed by atoms with van der Waals surface area (Å²) in [7, 11) is 1.42. The number of imide groups is 1. The van der Waals surface area contributed by atoms with Crippen LogP contribution in [0.5, 0.6) is 0 Å². The van der Waals surface area contributed by atoms with E-state index < -0.39 is 0 Å². The SMILES string of the molecule is CSC1NC(=O)N(C)C(=O)N1. The number of amides is 4. The van der Waals surface area contributed by atoms with E-state index in [-0.39, 0.29) is 17.6 Å². The fourth-order valence-electron chi connectivity index (χ4n) is 0.664. The number of hydrogen-bond donors (Lipinski definition) is 2. The first-order valence-corrected chi connectivity index (χ1v) is 4.31. The molecule has 1 saturated heterocycles. The maximum Gasteiger partial charge on any atom is 0.327 e. The molecule has 5 nitrogen and oxygen atoms in total. The molecule has 1 aliphatic rings. The van der Waals surface area contributed by atoms with Crippen molar-refractivity contribution in [1.29, 1.82) is 0 Å². The van der Waals surface area contributed by atoms with Gasteiger partial charge in [-0.25, -0.2) is 14.5 Å². The molecular formula is C5H9N3O2S. The van der Waals surface area contributed by atoms with Crippen LogP contribution in [0.2, 0.25) is 0 Å². The van der Waals surface area contributed by atoms with Gasteiger partial charge in [0.1, 0.15) is 0 Å². The molecule has 0 radical (unpaired) electrons. The summed E-state index contributed by atoms with van der Waals surface area (Å²) in [4.78, 5) is 22.8. The van der Waals surface area contributed by atoms with E-state index in [1.54, 1.807) is 6.26 Å². The maximum atomic E-state index is 10.9. The number of urea groups is 2. The van der Waals surface area contributed by atoms with Crippen LogP contribution in [0.4, 0.5) is 9.59 Å². The summed E-state index contributed by atoms with van der Waals surface area (Å²) in [5.41, 5.74) is -0.300. The van der Waals surface area contributed by atoms with Crippen LogP contribution in [0.3, 0.4) is 0 Å². The van der Waals surface area contributed by atoms with E-state index in [0.717, 1.165) is 4.90 Å². The highest BCUT2D eigenvalue weighted by atomic mass is 32.2. The minimum atomic E-state index is -0.367. The maximum absolute atomic E-state index is 10.9. The summed E-state index contributed by atoms with van der Waals surface area (Å²) >= 11 is 1.36. The molecule has 0 spiro atoms. The van der Waals surface area contributed by atoms with Crippen LogP contribution in [-0.2, 0) is 0 Å². The third-order valence-corrected chi connectivity index (χ3v) is 2.06. The predicted molar refractivity (Wildman–Crippen MR) is 42.1 cm³/mol.